The van der Waals surface area contributed by atoms with E-state index >= 15 is 0 Å². The highest BCUT2D eigenvalue weighted by molar-refractivity contribution is 7.13. The Bertz CT molecular complexity index is 773. The van der Waals surface area contributed by atoms with E-state index in [-0.39, 0.29) is 18.4 Å². The number of nitrogens with zero attached hydrogens (tertiary/aromatic N) is 2. The fraction of sp³-hybridized carbons (Fsp3) is 0.353. The van der Waals surface area contributed by atoms with Crippen molar-refractivity contribution in [1.29, 1.82) is 0 Å². The Morgan fingerprint density at radius 1 is 1.42 bits per heavy atom. The second kappa shape index (κ2) is 6.91. The average molecular weight is 365 g/mol. The molecule has 24 heavy (non-hydrogen) atoms. The third-order valence-electron chi connectivity index (χ3n) is 3.99. The minimum atomic E-state index is -0.981. The van der Waals surface area contributed by atoms with E-state index in [1.807, 2.05) is 23.6 Å². The van der Waals surface area contributed by atoms with E-state index in [2.05, 4.69) is 4.98 Å². The number of amides is 1. The maximum atomic E-state index is 12.6. The minimum Gasteiger partial charge on any atom is -0.480 e. The lowest BCUT2D eigenvalue weighted by molar-refractivity contribution is -0.149. The van der Waals surface area contributed by atoms with Gasteiger partial charge in [-0.05, 0) is 25.8 Å². The van der Waals surface area contributed by atoms with Gasteiger partial charge in [-0.25, -0.2) is 9.78 Å². The van der Waals surface area contributed by atoms with Crippen molar-refractivity contribution in [3.63, 3.8) is 0 Å². The summed E-state index contributed by atoms with van der Waals surface area (Å²) in [5.41, 5.74) is 1.48. The van der Waals surface area contributed by atoms with E-state index in [1.54, 1.807) is 13.0 Å². The summed E-state index contributed by atoms with van der Waals surface area (Å²) in [6, 6.07) is 6.65. The predicted octanol–water partition coefficient (Wildman–Crippen LogP) is 3.47. The van der Waals surface area contributed by atoms with Crippen molar-refractivity contribution in [3.05, 3.63) is 40.4 Å². The molecule has 1 fully saturated rings. The number of hydrogen-bond acceptors (Lipinski definition) is 4. The summed E-state index contributed by atoms with van der Waals surface area (Å²) >= 11 is 7.60. The largest absolute Gasteiger partial charge is 0.480 e. The second-order valence-corrected chi connectivity index (χ2v) is 7.11. The third-order valence-corrected chi connectivity index (χ3v) is 5.25. The highest BCUT2D eigenvalue weighted by Crippen LogP contribution is 2.32. The Hall–Kier alpha value is -1.92. The van der Waals surface area contributed by atoms with Gasteiger partial charge in [0, 0.05) is 17.0 Å². The molecule has 7 heteroatoms. The second-order valence-electron chi connectivity index (χ2n) is 5.85. The Kier molecular flexibility index (Phi) is 4.87. The summed E-state index contributed by atoms with van der Waals surface area (Å²) < 4.78 is 0. The molecule has 1 aliphatic rings. The van der Waals surface area contributed by atoms with Gasteiger partial charge in [-0.2, -0.15) is 0 Å². The van der Waals surface area contributed by atoms with Crippen LogP contribution in [0.4, 0.5) is 0 Å². The lowest BCUT2D eigenvalue weighted by Crippen LogP contribution is -2.45. The molecule has 1 saturated carbocycles. The zero-order chi connectivity index (χ0) is 17.3. The number of benzene rings is 1. The van der Waals surface area contributed by atoms with E-state index < -0.39 is 12.0 Å². The first-order valence-electron chi connectivity index (χ1n) is 7.70. The lowest BCUT2D eigenvalue weighted by Gasteiger charge is -2.26. The molecule has 0 spiro atoms. The predicted molar refractivity (Wildman–Crippen MR) is 93.2 cm³/mol. The number of carboxylic acid groups (broad SMARTS) is 1. The SMILES string of the molecule is CC(C(=O)O)N(C(=O)Cc1csc(-c2ccccc2Cl)n1)C1CC1. The topological polar surface area (TPSA) is 70.5 Å². The number of carboxylic acids is 1. The van der Waals surface area contributed by atoms with Gasteiger partial charge in [0.15, 0.2) is 0 Å². The minimum absolute atomic E-state index is 0.0465. The van der Waals surface area contributed by atoms with Crippen molar-refractivity contribution in [2.75, 3.05) is 0 Å². The smallest absolute Gasteiger partial charge is 0.326 e. The molecule has 1 aromatic heterocycles. The molecule has 1 unspecified atom stereocenters. The van der Waals surface area contributed by atoms with Crippen molar-refractivity contribution in [2.45, 2.75) is 38.3 Å². The van der Waals surface area contributed by atoms with Crippen LogP contribution in [0.3, 0.4) is 0 Å². The summed E-state index contributed by atoms with van der Waals surface area (Å²) in [7, 11) is 0. The quantitative estimate of drug-likeness (QED) is 0.852. The van der Waals surface area contributed by atoms with Crippen LogP contribution in [0.2, 0.25) is 5.02 Å². The highest BCUT2D eigenvalue weighted by atomic mass is 35.5. The first-order valence-corrected chi connectivity index (χ1v) is 8.96. The van der Waals surface area contributed by atoms with Gasteiger partial charge in [0.2, 0.25) is 5.91 Å². The van der Waals surface area contributed by atoms with Crippen molar-refractivity contribution in [2.24, 2.45) is 0 Å². The van der Waals surface area contributed by atoms with Crippen LogP contribution in [0.1, 0.15) is 25.5 Å². The van der Waals surface area contributed by atoms with Gasteiger partial charge in [-0.3, -0.25) is 4.79 Å². The van der Waals surface area contributed by atoms with Crippen LogP contribution >= 0.6 is 22.9 Å². The van der Waals surface area contributed by atoms with E-state index in [1.165, 1.54) is 16.2 Å². The molecule has 0 bridgehead atoms. The maximum absolute atomic E-state index is 12.6. The number of hydrogen-bond donors (Lipinski definition) is 1. The van der Waals surface area contributed by atoms with Crippen LogP contribution in [-0.2, 0) is 16.0 Å². The molecule has 5 nitrogen and oxygen atoms in total. The molecule has 1 aliphatic carbocycles. The van der Waals surface area contributed by atoms with Crippen molar-refractivity contribution >= 4 is 34.8 Å². The van der Waals surface area contributed by atoms with Crippen LogP contribution < -0.4 is 0 Å². The molecule has 3 rings (SSSR count). The summed E-state index contributed by atoms with van der Waals surface area (Å²) in [4.78, 5) is 29.8. The maximum Gasteiger partial charge on any atom is 0.326 e. The number of rotatable bonds is 6. The summed E-state index contributed by atoms with van der Waals surface area (Å²) in [5, 5.41) is 12.4. The molecule has 0 radical (unpaired) electrons. The van der Waals surface area contributed by atoms with Gasteiger partial charge in [-0.1, -0.05) is 29.8 Å². The van der Waals surface area contributed by atoms with Gasteiger partial charge in [0.05, 0.1) is 17.1 Å². The first kappa shape index (κ1) is 16.9. The number of aliphatic carboxylic acids is 1. The summed E-state index contributed by atoms with van der Waals surface area (Å²) in [6.45, 7) is 1.55. The Morgan fingerprint density at radius 2 is 2.12 bits per heavy atom. The van der Waals surface area contributed by atoms with E-state index in [0.717, 1.165) is 23.4 Å². The first-order chi connectivity index (χ1) is 11.5. The molecule has 1 heterocycles. The number of halogens is 1. The fourth-order valence-corrected chi connectivity index (χ4v) is 3.74. The van der Waals surface area contributed by atoms with Crippen LogP contribution in [0.25, 0.3) is 10.6 Å². The zero-order valence-corrected chi connectivity index (χ0v) is 14.7. The Morgan fingerprint density at radius 3 is 2.75 bits per heavy atom. The third kappa shape index (κ3) is 3.60. The molecule has 0 saturated heterocycles. The van der Waals surface area contributed by atoms with E-state index in [4.69, 9.17) is 11.6 Å². The van der Waals surface area contributed by atoms with Gasteiger partial charge < -0.3 is 10.0 Å². The van der Waals surface area contributed by atoms with Crippen molar-refractivity contribution < 1.29 is 14.7 Å². The van der Waals surface area contributed by atoms with Crippen LogP contribution in [0.15, 0.2) is 29.6 Å². The van der Waals surface area contributed by atoms with Crippen LogP contribution in [0.5, 0.6) is 0 Å². The lowest BCUT2D eigenvalue weighted by atomic mass is 10.2. The van der Waals surface area contributed by atoms with Gasteiger partial charge in [0.25, 0.3) is 0 Å². The van der Waals surface area contributed by atoms with Crippen LogP contribution in [0, 0.1) is 0 Å². The van der Waals surface area contributed by atoms with Crippen molar-refractivity contribution in [1.82, 2.24) is 9.88 Å². The van der Waals surface area contributed by atoms with E-state index in [9.17, 15) is 14.7 Å². The summed E-state index contributed by atoms with van der Waals surface area (Å²) in [5.74, 6) is -1.17. The molecule has 0 aliphatic heterocycles. The Balaban J connectivity index is 1.75. The summed E-state index contributed by atoms with van der Waals surface area (Å²) in [6.07, 6.45) is 1.84. The molecule has 1 N–H and O–H groups in total. The molecule has 1 aromatic carbocycles. The Labute approximate surface area is 148 Å². The fourth-order valence-electron chi connectivity index (χ4n) is 2.60. The van der Waals surface area contributed by atoms with Gasteiger partial charge in [0.1, 0.15) is 11.0 Å². The number of aromatic nitrogens is 1. The molecule has 1 atom stereocenters. The number of carbonyl (C=O) groups excluding carboxylic acids is 1. The van der Waals surface area contributed by atoms with E-state index in [0.29, 0.717) is 10.7 Å². The van der Waals surface area contributed by atoms with Gasteiger partial charge >= 0.3 is 5.97 Å². The van der Waals surface area contributed by atoms with Crippen LogP contribution in [-0.4, -0.2) is 39.0 Å². The molecule has 126 valence electrons. The van der Waals surface area contributed by atoms with Crippen molar-refractivity contribution in [3.8, 4) is 10.6 Å². The monoisotopic (exact) mass is 364 g/mol. The number of carbonyl (C=O) groups is 2. The highest BCUT2D eigenvalue weighted by Gasteiger charge is 2.38. The number of thiazole rings is 1. The standard InChI is InChI=1S/C17H17ClN2O3S/c1-10(17(22)23)20(12-6-7-12)15(21)8-11-9-24-16(19-11)13-4-2-3-5-14(13)18/h2-5,9-10,12H,6-8H2,1H3,(H,22,23). The normalized spacial score (nSPS) is 15.1. The average Bonchev–Trinajstić information content (AvgIpc) is 3.26. The molecular weight excluding hydrogens is 348 g/mol. The molecular formula is C17H17ClN2O3S. The zero-order valence-electron chi connectivity index (χ0n) is 13.1. The molecule has 2 aromatic rings. The van der Waals surface area contributed by atoms with Gasteiger partial charge in [-0.15, -0.1) is 11.3 Å². The molecule has 1 amide bonds.